The molecule has 0 bridgehead atoms. The van der Waals surface area contributed by atoms with Crippen LogP contribution in [0.3, 0.4) is 0 Å². The Kier molecular flexibility index (Phi) is 10.7. The minimum absolute atomic E-state index is 0.172. The molecule has 1 saturated heterocycles. The number of amides is 5. The number of benzene rings is 3. The highest BCUT2D eigenvalue weighted by Crippen LogP contribution is 2.22. The van der Waals surface area contributed by atoms with Crippen molar-refractivity contribution in [3.05, 3.63) is 88.5 Å². The Morgan fingerprint density at radius 2 is 1.42 bits per heavy atom. The first-order valence-corrected chi connectivity index (χ1v) is 14.9. The zero-order chi connectivity index (χ0) is 32.7. The minimum atomic E-state index is -0.797. The van der Waals surface area contributed by atoms with E-state index in [0.717, 1.165) is 16.7 Å². The van der Waals surface area contributed by atoms with Gasteiger partial charge in [-0.05, 0) is 107 Å². The molecule has 1 aliphatic rings. The smallest absolute Gasteiger partial charge is 0.255 e. The molecule has 0 spiro atoms. The van der Waals surface area contributed by atoms with E-state index in [0.29, 0.717) is 54.1 Å². The number of rotatable bonds is 10. The maximum atomic E-state index is 13.0. The van der Waals surface area contributed by atoms with Gasteiger partial charge in [-0.2, -0.15) is 0 Å². The number of hydrogen-bond donors (Lipinski definition) is 5. The predicted octanol–water partition coefficient (Wildman–Crippen LogP) is 3.76. The molecule has 45 heavy (non-hydrogen) atoms. The Morgan fingerprint density at radius 1 is 0.778 bits per heavy atom. The van der Waals surface area contributed by atoms with E-state index in [1.54, 1.807) is 50.2 Å². The number of piperidine rings is 1. The summed E-state index contributed by atoms with van der Waals surface area (Å²) in [5, 5.41) is 11.4. The first kappa shape index (κ1) is 32.9. The zero-order valence-corrected chi connectivity index (χ0v) is 26.0. The summed E-state index contributed by atoms with van der Waals surface area (Å²) >= 11 is 0. The van der Waals surface area contributed by atoms with Crippen LogP contribution in [0.4, 0.5) is 17.1 Å². The van der Waals surface area contributed by atoms with Gasteiger partial charge < -0.3 is 27.0 Å². The topological polar surface area (TPSA) is 163 Å². The third kappa shape index (κ3) is 8.76. The molecule has 0 saturated carbocycles. The van der Waals surface area contributed by atoms with Gasteiger partial charge in [-0.3, -0.25) is 28.9 Å². The standard InChI is InChI=1S/C34H40N6O5/c1-20-7-5-6-8-27(20)38-34(45)26-10-9-21(2)29(18-26)39-32(43)23(4)36-33(44)24-13-15-40(16-14-24)19-30(41)37-28-12-11-25(31(35)42)17-22(28)3/h5-12,17-18,23-24H,13-16,19H2,1-4H3,(H2,35,42)(H,36,44)(H,37,41)(H,38,45)(H,39,43). The van der Waals surface area contributed by atoms with Gasteiger partial charge in [0.1, 0.15) is 6.04 Å². The predicted molar refractivity (Wildman–Crippen MR) is 174 cm³/mol. The summed E-state index contributed by atoms with van der Waals surface area (Å²) in [6.45, 7) is 8.44. The van der Waals surface area contributed by atoms with E-state index in [2.05, 4.69) is 21.3 Å². The number of carbonyl (C=O) groups excluding carboxylic acids is 5. The van der Waals surface area contributed by atoms with Crippen LogP contribution in [0.2, 0.25) is 0 Å². The number of anilines is 3. The van der Waals surface area contributed by atoms with Crippen LogP contribution in [0.5, 0.6) is 0 Å². The van der Waals surface area contributed by atoms with Gasteiger partial charge in [0.2, 0.25) is 23.6 Å². The van der Waals surface area contributed by atoms with Gasteiger partial charge in [0.25, 0.3) is 5.91 Å². The second-order valence-electron chi connectivity index (χ2n) is 11.5. The van der Waals surface area contributed by atoms with E-state index in [1.165, 1.54) is 0 Å². The summed E-state index contributed by atoms with van der Waals surface area (Å²) in [6.07, 6.45) is 1.11. The van der Waals surface area contributed by atoms with Gasteiger partial charge in [0.15, 0.2) is 0 Å². The SMILES string of the molecule is Cc1cc(C(N)=O)ccc1NC(=O)CN1CCC(C(=O)NC(C)C(=O)Nc2cc(C(=O)Nc3ccccc3C)ccc2C)CC1. The number of carbonyl (C=O) groups is 5. The van der Waals surface area contributed by atoms with E-state index in [4.69, 9.17) is 5.73 Å². The largest absolute Gasteiger partial charge is 0.366 e. The lowest BCUT2D eigenvalue weighted by atomic mass is 9.95. The summed E-state index contributed by atoms with van der Waals surface area (Å²) < 4.78 is 0. The van der Waals surface area contributed by atoms with Crippen molar-refractivity contribution in [2.45, 2.75) is 46.6 Å². The van der Waals surface area contributed by atoms with Crippen LogP contribution in [-0.2, 0) is 14.4 Å². The number of nitrogens with one attached hydrogen (secondary N) is 4. The van der Waals surface area contributed by atoms with Crippen LogP contribution in [0, 0.1) is 26.7 Å². The van der Waals surface area contributed by atoms with Gasteiger partial charge in [0, 0.05) is 34.1 Å². The monoisotopic (exact) mass is 612 g/mol. The van der Waals surface area contributed by atoms with Crippen molar-refractivity contribution in [3.8, 4) is 0 Å². The average Bonchev–Trinajstić information content (AvgIpc) is 3.00. The number of nitrogens with zero attached hydrogens (tertiary/aromatic N) is 1. The number of para-hydroxylation sites is 1. The fraction of sp³-hybridized carbons (Fsp3) is 0.324. The lowest BCUT2D eigenvalue weighted by Crippen LogP contribution is -2.47. The Bertz CT molecular complexity index is 1610. The molecule has 0 aliphatic carbocycles. The molecule has 1 fully saturated rings. The molecule has 3 aromatic carbocycles. The molecular weight excluding hydrogens is 572 g/mol. The molecule has 4 rings (SSSR count). The molecule has 0 radical (unpaired) electrons. The van der Waals surface area contributed by atoms with E-state index in [9.17, 15) is 24.0 Å². The van der Waals surface area contributed by atoms with Crippen molar-refractivity contribution >= 4 is 46.6 Å². The summed E-state index contributed by atoms with van der Waals surface area (Å²) in [7, 11) is 0. The molecule has 0 aromatic heterocycles. The van der Waals surface area contributed by atoms with Crippen LogP contribution in [0.15, 0.2) is 60.7 Å². The Morgan fingerprint density at radius 3 is 2.09 bits per heavy atom. The molecule has 5 amide bonds. The van der Waals surface area contributed by atoms with Gasteiger partial charge in [0.05, 0.1) is 6.54 Å². The van der Waals surface area contributed by atoms with E-state index in [-0.39, 0.29) is 30.2 Å². The van der Waals surface area contributed by atoms with Crippen LogP contribution < -0.4 is 27.0 Å². The van der Waals surface area contributed by atoms with Crippen molar-refractivity contribution in [1.29, 1.82) is 0 Å². The number of likely N-dealkylation sites (tertiary alicyclic amines) is 1. The summed E-state index contributed by atoms with van der Waals surface area (Å²) in [6, 6.07) is 16.6. The van der Waals surface area contributed by atoms with Crippen molar-refractivity contribution < 1.29 is 24.0 Å². The maximum Gasteiger partial charge on any atom is 0.255 e. The second-order valence-corrected chi connectivity index (χ2v) is 11.5. The Balaban J connectivity index is 1.24. The number of nitrogens with two attached hydrogens (primary N) is 1. The molecule has 1 unspecified atom stereocenters. The first-order valence-electron chi connectivity index (χ1n) is 14.9. The molecule has 11 nitrogen and oxygen atoms in total. The lowest BCUT2D eigenvalue weighted by molar-refractivity contribution is -0.130. The molecule has 1 aliphatic heterocycles. The zero-order valence-electron chi connectivity index (χ0n) is 26.0. The Labute approximate surface area is 262 Å². The molecule has 3 aromatic rings. The van der Waals surface area contributed by atoms with Crippen LogP contribution in [-0.4, -0.2) is 60.1 Å². The molecular formula is C34H40N6O5. The highest BCUT2D eigenvalue weighted by Gasteiger charge is 2.28. The quantitative estimate of drug-likeness (QED) is 0.234. The van der Waals surface area contributed by atoms with E-state index >= 15 is 0 Å². The van der Waals surface area contributed by atoms with Gasteiger partial charge in [-0.15, -0.1) is 0 Å². The molecule has 1 heterocycles. The summed E-state index contributed by atoms with van der Waals surface area (Å²) in [4.78, 5) is 64.8. The fourth-order valence-electron chi connectivity index (χ4n) is 5.15. The average molecular weight is 613 g/mol. The molecule has 1 atom stereocenters. The van der Waals surface area contributed by atoms with E-state index < -0.39 is 17.9 Å². The number of primary amides is 1. The van der Waals surface area contributed by atoms with Crippen LogP contribution >= 0.6 is 0 Å². The van der Waals surface area contributed by atoms with Crippen molar-refractivity contribution in [1.82, 2.24) is 10.2 Å². The maximum absolute atomic E-state index is 13.0. The molecule has 236 valence electrons. The van der Waals surface area contributed by atoms with Gasteiger partial charge in [-0.1, -0.05) is 24.3 Å². The number of aryl methyl sites for hydroxylation is 3. The third-order valence-electron chi connectivity index (χ3n) is 8.01. The van der Waals surface area contributed by atoms with Crippen molar-refractivity contribution in [3.63, 3.8) is 0 Å². The normalized spacial score (nSPS) is 14.2. The summed E-state index contributed by atoms with van der Waals surface area (Å²) in [5.41, 5.74) is 10.3. The van der Waals surface area contributed by atoms with Gasteiger partial charge in [-0.25, -0.2) is 0 Å². The third-order valence-corrected chi connectivity index (χ3v) is 8.01. The van der Waals surface area contributed by atoms with Crippen molar-refractivity contribution in [2.24, 2.45) is 11.7 Å². The molecule has 6 N–H and O–H groups in total. The highest BCUT2D eigenvalue weighted by molar-refractivity contribution is 6.06. The number of hydrogen-bond acceptors (Lipinski definition) is 6. The van der Waals surface area contributed by atoms with Crippen LogP contribution in [0.25, 0.3) is 0 Å². The first-order chi connectivity index (χ1) is 21.4. The lowest BCUT2D eigenvalue weighted by Gasteiger charge is -2.31. The minimum Gasteiger partial charge on any atom is -0.366 e. The highest BCUT2D eigenvalue weighted by atomic mass is 16.2. The Hall–Kier alpha value is -5.03. The van der Waals surface area contributed by atoms with Crippen molar-refractivity contribution in [2.75, 3.05) is 35.6 Å². The second kappa shape index (κ2) is 14.6. The molecule has 11 heteroatoms. The fourth-order valence-corrected chi connectivity index (χ4v) is 5.15. The summed E-state index contributed by atoms with van der Waals surface area (Å²) in [5.74, 6) is -1.90. The van der Waals surface area contributed by atoms with E-state index in [1.807, 2.05) is 43.0 Å². The van der Waals surface area contributed by atoms with Crippen LogP contribution in [0.1, 0.15) is 57.2 Å². The van der Waals surface area contributed by atoms with Gasteiger partial charge >= 0.3 is 0 Å².